The molecule has 1 amide bonds. The molecule has 4 aromatic rings. The van der Waals surface area contributed by atoms with Gasteiger partial charge in [0.1, 0.15) is 6.54 Å². The van der Waals surface area contributed by atoms with E-state index < -0.39 is 5.69 Å². The van der Waals surface area contributed by atoms with Gasteiger partial charge in [-0.3, -0.25) is 4.79 Å². The first-order valence-corrected chi connectivity index (χ1v) is 9.84. The number of carbonyl (C=O) groups is 1. The number of carbonyl (C=O) groups excluding carboxylic acids is 1. The number of hydrogen-bond donors (Lipinski definition) is 1. The van der Waals surface area contributed by atoms with Crippen molar-refractivity contribution in [1.29, 1.82) is 0 Å². The molecule has 2 aromatic carbocycles. The van der Waals surface area contributed by atoms with E-state index in [9.17, 15) is 9.59 Å². The standard InChI is InChI=1S/C22H20ClN5O2/c1-14-3-6-17(11-15(14)2)19-9-10-20-26-27(22(30)28(20)25-19)13-21(29)24-12-16-4-7-18(23)8-5-16/h3-11H,12-13H2,1-2H3,(H,24,29). The summed E-state index contributed by atoms with van der Waals surface area (Å²) < 4.78 is 2.33. The zero-order chi connectivity index (χ0) is 21.3. The molecular weight excluding hydrogens is 402 g/mol. The fourth-order valence-electron chi connectivity index (χ4n) is 3.06. The topological polar surface area (TPSA) is 81.3 Å². The molecule has 2 heterocycles. The van der Waals surface area contributed by atoms with E-state index in [0.717, 1.165) is 21.4 Å². The highest BCUT2D eigenvalue weighted by molar-refractivity contribution is 6.30. The number of benzene rings is 2. The number of amides is 1. The number of nitrogens with one attached hydrogen (secondary N) is 1. The van der Waals surface area contributed by atoms with Crippen LogP contribution in [0.4, 0.5) is 0 Å². The predicted octanol–water partition coefficient (Wildman–Crippen LogP) is 3.14. The molecule has 0 fully saturated rings. The summed E-state index contributed by atoms with van der Waals surface area (Å²) >= 11 is 5.86. The molecule has 30 heavy (non-hydrogen) atoms. The minimum absolute atomic E-state index is 0.186. The fourth-order valence-corrected chi connectivity index (χ4v) is 3.19. The first kappa shape index (κ1) is 19.8. The van der Waals surface area contributed by atoms with Crippen LogP contribution in [0.5, 0.6) is 0 Å². The van der Waals surface area contributed by atoms with Crippen molar-refractivity contribution in [3.63, 3.8) is 0 Å². The molecule has 0 radical (unpaired) electrons. The van der Waals surface area contributed by atoms with Crippen molar-refractivity contribution in [3.05, 3.63) is 86.8 Å². The average molecular weight is 422 g/mol. The number of aryl methyl sites for hydroxylation is 2. The van der Waals surface area contributed by atoms with Gasteiger partial charge in [-0.1, -0.05) is 35.9 Å². The van der Waals surface area contributed by atoms with Gasteiger partial charge in [-0.2, -0.15) is 9.61 Å². The summed E-state index contributed by atoms with van der Waals surface area (Å²) in [6.07, 6.45) is 0. The normalized spacial score (nSPS) is 11.0. The molecule has 0 unspecified atom stereocenters. The summed E-state index contributed by atoms with van der Waals surface area (Å²) in [5.41, 5.74) is 4.76. The number of halogens is 1. The molecule has 0 aliphatic heterocycles. The minimum Gasteiger partial charge on any atom is -0.350 e. The maximum atomic E-state index is 12.7. The fraction of sp³-hybridized carbons (Fsp3) is 0.182. The lowest BCUT2D eigenvalue weighted by Crippen LogP contribution is -2.32. The van der Waals surface area contributed by atoms with Gasteiger partial charge in [0.2, 0.25) is 5.91 Å². The molecule has 2 aromatic heterocycles. The largest absolute Gasteiger partial charge is 0.367 e. The maximum Gasteiger partial charge on any atom is 0.367 e. The Labute approximate surface area is 177 Å². The van der Waals surface area contributed by atoms with Crippen LogP contribution in [-0.2, 0) is 17.9 Å². The Kier molecular flexibility index (Phi) is 5.37. The van der Waals surface area contributed by atoms with Crippen LogP contribution in [-0.4, -0.2) is 25.3 Å². The van der Waals surface area contributed by atoms with Gasteiger partial charge in [0.15, 0.2) is 5.65 Å². The van der Waals surface area contributed by atoms with Crippen molar-refractivity contribution in [2.24, 2.45) is 0 Å². The summed E-state index contributed by atoms with van der Waals surface area (Å²) in [6.45, 7) is 4.23. The Morgan fingerprint density at radius 1 is 1.00 bits per heavy atom. The third-order valence-electron chi connectivity index (χ3n) is 4.94. The van der Waals surface area contributed by atoms with Crippen molar-refractivity contribution in [1.82, 2.24) is 24.7 Å². The van der Waals surface area contributed by atoms with Crippen LogP contribution >= 0.6 is 11.6 Å². The summed E-state index contributed by atoms with van der Waals surface area (Å²) in [5, 5.41) is 12.0. The van der Waals surface area contributed by atoms with Crippen molar-refractivity contribution >= 4 is 23.2 Å². The lowest BCUT2D eigenvalue weighted by molar-refractivity contribution is -0.122. The summed E-state index contributed by atoms with van der Waals surface area (Å²) in [6, 6.07) is 16.7. The highest BCUT2D eigenvalue weighted by Crippen LogP contribution is 2.20. The molecule has 8 heteroatoms. The van der Waals surface area contributed by atoms with Gasteiger partial charge in [-0.15, -0.1) is 5.10 Å². The molecule has 0 saturated heterocycles. The molecule has 0 aliphatic rings. The van der Waals surface area contributed by atoms with E-state index in [-0.39, 0.29) is 12.5 Å². The van der Waals surface area contributed by atoms with E-state index in [1.807, 2.05) is 50.2 Å². The molecule has 1 N–H and O–H groups in total. The molecular formula is C22H20ClN5O2. The van der Waals surface area contributed by atoms with Crippen LogP contribution in [0.25, 0.3) is 16.9 Å². The smallest absolute Gasteiger partial charge is 0.350 e. The SMILES string of the molecule is Cc1ccc(-c2ccc3nn(CC(=O)NCc4ccc(Cl)cc4)c(=O)n3n2)cc1C. The van der Waals surface area contributed by atoms with E-state index in [1.54, 1.807) is 18.2 Å². The Morgan fingerprint density at radius 2 is 1.77 bits per heavy atom. The van der Waals surface area contributed by atoms with E-state index in [2.05, 4.69) is 15.5 Å². The predicted molar refractivity (Wildman–Crippen MR) is 115 cm³/mol. The lowest BCUT2D eigenvalue weighted by Gasteiger charge is -2.05. The zero-order valence-electron chi connectivity index (χ0n) is 16.6. The minimum atomic E-state index is -0.461. The van der Waals surface area contributed by atoms with Crippen LogP contribution in [0.1, 0.15) is 16.7 Å². The number of fused-ring (bicyclic) bond motifs is 1. The Morgan fingerprint density at radius 3 is 2.50 bits per heavy atom. The van der Waals surface area contributed by atoms with Crippen LogP contribution in [0, 0.1) is 13.8 Å². The first-order chi connectivity index (χ1) is 14.4. The van der Waals surface area contributed by atoms with E-state index in [1.165, 1.54) is 10.1 Å². The van der Waals surface area contributed by atoms with Gasteiger partial charge in [0.25, 0.3) is 0 Å². The van der Waals surface area contributed by atoms with Crippen LogP contribution < -0.4 is 11.0 Å². The van der Waals surface area contributed by atoms with Crippen LogP contribution in [0.3, 0.4) is 0 Å². The quantitative estimate of drug-likeness (QED) is 0.536. The van der Waals surface area contributed by atoms with Gasteiger partial charge in [-0.25, -0.2) is 9.48 Å². The molecule has 0 spiro atoms. The van der Waals surface area contributed by atoms with Gasteiger partial charge >= 0.3 is 5.69 Å². The van der Waals surface area contributed by atoms with Gasteiger partial charge in [-0.05, 0) is 60.9 Å². The third-order valence-corrected chi connectivity index (χ3v) is 5.19. The second kappa shape index (κ2) is 8.12. The second-order valence-corrected chi connectivity index (χ2v) is 7.57. The molecule has 0 saturated carbocycles. The van der Waals surface area contributed by atoms with E-state index in [0.29, 0.717) is 22.9 Å². The third kappa shape index (κ3) is 4.11. The highest BCUT2D eigenvalue weighted by atomic mass is 35.5. The van der Waals surface area contributed by atoms with Crippen LogP contribution in [0.2, 0.25) is 5.02 Å². The summed E-state index contributed by atoms with van der Waals surface area (Å²) in [7, 11) is 0. The van der Waals surface area contributed by atoms with Crippen molar-refractivity contribution in [2.45, 2.75) is 26.9 Å². The second-order valence-electron chi connectivity index (χ2n) is 7.13. The molecule has 4 rings (SSSR count). The highest BCUT2D eigenvalue weighted by Gasteiger charge is 2.13. The molecule has 7 nitrogen and oxygen atoms in total. The monoisotopic (exact) mass is 421 g/mol. The molecule has 0 atom stereocenters. The lowest BCUT2D eigenvalue weighted by atomic mass is 10.0. The van der Waals surface area contributed by atoms with Crippen molar-refractivity contribution in [3.8, 4) is 11.3 Å². The Hall–Kier alpha value is -3.45. The Balaban J connectivity index is 1.52. The number of hydrogen-bond acceptors (Lipinski definition) is 4. The average Bonchev–Trinajstić information content (AvgIpc) is 3.04. The maximum absolute atomic E-state index is 12.7. The molecule has 152 valence electrons. The number of aromatic nitrogens is 4. The van der Waals surface area contributed by atoms with E-state index >= 15 is 0 Å². The summed E-state index contributed by atoms with van der Waals surface area (Å²) in [4.78, 5) is 25.0. The van der Waals surface area contributed by atoms with E-state index in [4.69, 9.17) is 11.6 Å². The van der Waals surface area contributed by atoms with Gasteiger partial charge in [0.05, 0.1) is 5.69 Å². The number of rotatable bonds is 5. The van der Waals surface area contributed by atoms with Crippen LogP contribution in [0.15, 0.2) is 59.4 Å². The van der Waals surface area contributed by atoms with Crippen molar-refractivity contribution < 1.29 is 4.79 Å². The summed E-state index contributed by atoms with van der Waals surface area (Å²) in [5.74, 6) is -0.315. The first-order valence-electron chi connectivity index (χ1n) is 9.46. The molecule has 0 aliphatic carbocycles. The number of nitrogens with zero attached hydrogens (tertiary/aromatic N) is 4. The van der Waals surface area contributed by atoms with Gasteiger partial charge < -0.3 is 5.32 Å². The zero-order valence-corrected chi connectivity index (χ0v) is 17.3. The van der Waals surface area contributed by atoms with Gasteiger partial charge in [0, 0.05) is 17.1 Å². The molecule has 0 bridgehead atoms. The van der Waals surface area contributed by atoms with Crippen molar-refractivity contribution in [2.75, 3.05) is 0 Å². The Bertz CT molecular complexity index is 1290.